The van der Waals surface area contributed by atoms with E-state index in [1.54, 1.807) is 16.8 Å². The number of amides is 2. The lowest BCUT2D eigenvalue weighted by Gasteiger charge is -2.32. The summed E-state index contributed by atoms with van der Waals surface area (Å²) in [5, 5.41) is 20.4. The normalized spacial score (nSPS) is 19.4. The Kier molecular flexibility index (Phi) is 8.63. The van der Waals surface area contributed by atoms with Crippen molar-refractivity contribution >= 4 is 34.4 Å². The molecule has 0 atom stereocenters. The van der Waals surface area contributed by atoms with Gasteiger partial charge >= 0.3 is 0 Å². The maximum Gasteiger partial charge on any atom is 0.255 e. The maximum absolute atomic E-state index is 13.8. The van der Waals surface area contributed by atoms with Gasteiger partial charge in [-0.3, -0.25) is 14.6 Å². The van der Waals surface area contributed by atoms with Gasteiger partial charge in [0, 0.05) is 50.6 Å². The number of benzene rings is 1. The fraction of sp³-hybridized carbons (Fsp3) is 0.400. The first-order valence-corrected chi connectivity index (χ1v) is 16.2. The molecule has 5 heterocycles. The van der Waals surface area contributed by atoms with Gasteiger partial charge in [-0.15, -0.1) is 0 Å². The van der Waals surface area contributed by atoms with Crippen molar-refractivity contribution in [2.45, 2.75) is 38.1 Å². The molecule has 1 aromatic carbocycles. The molecule has 1 aliphatic carbocycles. The van der Waals surface area contributed by atoms with Gasteiger partial charge < -0.3 is 29.9 Å². The number of aromatic nitrogens is 3. The summed E-state index contributed by atoms with van der Waals surface area (Å²) >= 11 is 0. The Morgan fingerprint density at radius 2 is 1.83 bits per heavy atom. The lowest BCUT2D eigenvalue weighted by Crippen LogP contribution is -2.42. The Labute approximate surface area is 273 Å². The highest BCUT2D eigenvalue weighted by Gasteiger charge is 2.28. The zero-order valence-electron chi connectivity index (χ0n) is 26.4. The first-order valence-electron chi connectivity index (χ1n) is 16.2. The minimum atomic E-state index is -0.204. The fourth-order valence-corrected chi connectivity index (χ4v) is 6.69. The number of nitriles is 1. The zero-order chi connectivity index (χ0) is 32.3. The molecule has 12 heteroatoms. The lowest BCUT2D eigenvalue weighted by atomic mass is 9.83. The number of hydrogen-bond acceptors (Lipinski definition) is 9. The second-order valence-electron chi connectivity index (χ2n) is 12.5. The average molecular weight is 635 g/mol. The smallest absolute Gasteiger partial charge is 0.255 e. The zero-order valence-corrected chi connectivity index (χ0v) is 26.4. The lowest BCUT2D eigenvalue weighted by molar-refractivity contribution is -0.136. The molecule has 47 heavy (non-hydrogen) atoms. The van der Waals surface area contributed by atoms with Crippen LogP contribution >= 0.6 is 0 Å². The van der Waals surface area contributed by atoms with Crippen molar-refractivity contribution in [2.24, 2.45) is 5.92 Å². The Bertz CT molecular complexity index is 1840. The minimum absolute atomic E-state index is 0.0190. The van der Waals surface area contributed by atoms with Crippen LogP contribution in [0, 0.1) is 17.2 Å². The number of rotatable bonds is 7. The standard InChI is InChI=1S/C35H38N8O4/c1-41-10-15-47-33-18-26(6-8-32(33)41)39-29-19-30(31-9-7-27-16-24(20-36)21-38-43(27)31)37-22-28(29)35(45)40-25-4-2-23(3-5-25)17-34(44)42-11-13-46-14-12-42/h6-9,16,18-19,21-23,25H,2-5,10-15,17H2,1H3,(H,37,39)(H,40,45). The van der Waals surface area contributed by atoms with Gasteiger partial charge in [0.1, 0.15) is 18.4 Å². The summed E-state index contributed by atoms with van der Waals surface area (Å²) in [5.74, 6) is 1.11. The van der Waals surface area contributed by atoms with Crippen LogP contribution in [0.15, 0.2) is 54.9 Å². The summed E-state index contributed by atoms with van der Waals surface area (Å²) in [5.41, 5.74) is 5.44. The predicted molar refractivity (Wildman–Crippen MR) is 177 cm³/mol. The van der Waals surface area contributed by atoms with Crippen molar-refractivity contribution in [1.29, 1.82) is 5.26 Å². The van der Waals surface area contributed by atoms with E-state index in [0.29, 0.717) is 67.8 Å². The third-order valence-corrected chi connectivity index (χ3v) is 9.38. The number of nitrogens with zero attached hydrogens (tertiary/aromatic N) is 6. The highest BCUT2D eigenvalue weighted by molar-refractivity contribution is 6.01. The minimum Gasteiger partial charge on any atom is -0.489 e. The molecule has 0 spiro atoms. The van der Waals surface area contributed by atoms with Gasteiger partial charge in [-0.2, -0.15) is 10.4 Å². The number of morpholine rings is 1. The molecule has 2 aliphatic heterocycles. The molecule has 242 valence electrons. The van der Waals surface area contributed by atoms with Crippen molar-refractivity contribution < 1.29 is 19.1 Å². The molecule has 12 nitrogen and oxygen atoms in total. The maximum atomic E-state index is 13.8. The number of anilines is 3. The first-order chi connectivity index (χ1) is 22.9. The molecule has 7 rings (SSSR count). The molecule has 2 amide bonds. The number of carbonyl (C=O) groups excluding carboxylic acids is 2. The van der Waals surface area contributed by atoms with E-state index in [0.717, 1.165) is 60.6 Å². The van der Waals surface area contributed by atoms with E-state index in [1.807, 2.05) is 48.3 Å². The molecule has 1 saturated heterocycles. The largest absolute Gasteiger partial charge is 0.489 e. The second-order valence-corrected chi connectivity index (χ2v) is 12.5. The molecule has 3 aliphatic rings. The van der Waals surface area contributed by atoms with Gasteiger partial charge in [0.05, 0.1) is 65.4 Å². The van der Waals surface area contributed by atoms with E-state index in [9.17, 15) is 14.9 Å². The number of hydrogen-bond donors (Lipinski definition) is 2. The van der Waals surface area contributed by atoms with E-state index < -0.39 is 0 Å². The molecular formula is C35H38N8O4. The van der Waals surface area contributed by atoms with Crippen molar-refractivity contribution in [3.05, 3.63) is 66.0 Å². The second kappa shape index (κ2) is 13.3. The van der Waals surface area contributed by atoms with Gasteiger partial charge in [-0.05, 0) is 68.0 Å². The predicted octanol–water partition coefficient (Wildman–Crippen LogP) is 4.38. The van der Waals surface area contributed by atoms with Crippen molar-refractivity contribution in [3.63, 3.8) is 0 Å². The monoisotopic (exact) mass is 634 g/mol. The summed E-state index contributed by atoms with van der Waals surface area (Å²) in [6.07, 6.45) is 7.12. The van der Waals surface area contributed by atoms with Crippen LogP contribution in [0.25, 0.3) is 16.9 Å². The topological polar surface area (TPSA) is 137 Å². The number of pyridine rings is 1. The van der Waals surface area contributed by atoms with Gasteiger partial charge in [0.25, 0.3) is 5.91 Å². The molecule has 0 unspecified atom stereocenters. The molecular weight excluding hydrogens is 596 g/mol. The molecule has 0 radical (unpaired) electrons. The highest BCUT2D eigenvalue weighted by atomic mass is 16.5. The molecule has 3 aromatic heterocycles. The number of fused-ring (bicyclic) bond motifs is 2. The Morgan fingerprint density at radius 1 is 1.00 bits per heavy atom. The van der Waals surface area contributed by atoms with Crippen LogP contribution in [0.2, 0.25) is 0 Å². The van der Waals surface area contributed by atoms with Crippen molar-refractivity contribution in [2.75, 3.05) is 56.7 Å². The van der Waals surface area contributed by atoms with Crippen LogP contribution in [0.5, 0.6) is 5.75 Å². The average Bonchev–Trinajstić information content (AvgIpc) is 3.53. The summed E-state index contributed by atoms with van der Waals surface area (Å²) in [6.45, 7) is 3.98. The van der Waals surface area contributed by atoms with Crippen LogP contribution < -0.4 is 20.3 Å². The number of carbonyl (C=O) groups is 2. The van der Waals surface area contributed by atoms with Crippen molar-refractivity contribution in [1.82, 2.24) is 24.8 Å². The van der Waals surface area contributed by atoms with Crippen LogP contribution in [0.4, 0.5) is 17.1 Å². The van der Waals surface area contributed by atoms with Gasteiger partial charge in [-0.1, -0.05) is 0 Å². The quantitative estimate of drug-likeness (QED) is 0.304. The number of nitrogens with one attached hydrogen (secondary N) is 2. The van der Waals surface area contributed by atoms with Crippen molar-refractivity contribution in [3.8, 4) is 23.2 Å². The summed E-state index contributed by atoms with van der Waals surface area (Å²) in [7, 11) is 2.04. The van der Waals surface area contributed by atoms with E-state index >= 15 is 0 Å². The SMILES string of the molecule is CN1CCOc2cc(Nc3cc(-c4ccc5cc(C#N)cnn45)ncc3C(=O)NC3CCC(CC(=O)N4CCOCC4)CC3)ccc21. The molecule has 2 fully saturated rings. The first kappa shape index (κ1) is 30.5. The molecule has 0 bridgehead atoms. The molecule has 2 N–H and O–H groups in total. The number of ether oxygens (including phenoxy) is 2. The Hall–Kier alpha value is -5.15. The Balaban J connectivity index is 1.10. The van der Waals surface area contributed by atoms with Gasteiger partial charge in [0.2, 0.25) is 5.91 Å². The van der Waals surface area contributed by atoms with Crippen LogP contribution in [-0.4, -0.2) is 83.9 Å². The van der Waals surface area contributed by atoms with E-state index in [4.69, 9.17) is 14.5 Å². The third-order valence-electron chi connectivity index (χ3n) is 9.38. The van der Waals surface area contributed by atoms with E-state index in [-0.39, 0.29) is 17.9 Å². The fourth-order valence-electron chi connectivity index (χ4n) is 6.69. The van der Waals surface area contributed by atoms with Gasteiger partial charge in [0.15, 0.2) is 0 Å². The Morgan fingerprint density at radius 3 is 2.64 bits per heavy atom. The van der Waals surface area contributed by atoms with Crippen LogP contribution in [-0.2, 0) is 9.53 Å². The van der Waals surface area contributed by atoms with Gasteiger partial charge in [-0.25, -0.2) is 4.52 Å². The van der Waals surface area contributed by atoms with E-state index in [1.165, 1.54) is 6.20 Å². The summed E-state index contributed by atoms with van der Waals surface area (Å²) in [4.78, 5) is 35.3. The van der Waals surface area contributed by atoms with E-state index in [2.05, 4.69) is 26.7 Å². The molecule has 1 saturated carbocycles. The number of likely N-dealkylation sites (N-methyl/N-ethyl adjacent to an activating group) is 1. The molecule has 4 aromatic rings. The van der Waals surface area contributed by atoms with Crippen LogP contribution in [0.1, 0.15) is 48.0 Å². The summed E-state index contributed by atoms with van der Waals surface area (Å²) in [6, 6.07) is 15.5. The van der Waals surface area contributed by atoms with Crippen LogP contribution in [0.3, 0.4) is 0 Å². The summed E-state index contributed by atoms with van der Waals surface area (Å²) < 4.78 is 13.0. The highest BCUT2D eigenvalue weighted by Crippen LogP contribution is 2.36. The third kappa shape index (κ3) is 6.57.